The summed E-state index contributed by atoms with van der Waals surface area (Å²) >= 11 is 0. The smallest absolute Gasteiger partial charge is 0.280 e. The molecule has 3 rings (SSSR count). The van der Waals surface area contributed by atoms with Crippen molar-refractivity contribution in [1.82, 2.24) is 19.5 Å². The fourth-order valence-electron chi connectivity index (χ4n) is 2.60. The summed E-state index contributed by atoms with van der Waals surface area (Å²) in [5.41, 5.74) is -0.749. The van der Waals surface area contributed by atoms with Crippen LogP contribution >= 0.6 is 23.5 Å². The van der Waals surface area contributed by atoms with Crippen LogP contribution in [0.1, 0.15) is 6.23 Å². The van der Waals surface area contributed by atoms with E-state index in [1.165, 1.54) is 0 Å². The number of nitrogens with zero attached hydrogens (tertiary/aromatic N) is 3. The number of aliphatic hydroxyl groups is 2. The van der Waals surface area contributed by atoms with Gasteiger partial charge in [0.1, 0.15) is 18.3 Å². The second-order valence-corrected chi connectivity index (χ2v) is 10.2. The Bertz CT molecular complexity index is 1160. The zero-order chi connectivity index (χ0) is 23.2. The van der Waals surface area contributed by atoms with Crippen molar-refractivity contribution in [3.63, 3.8) is 0 Å². The summed E-state index contributed by atoms with van der Waals surface area (Å²) in [7, 11) is -17.8. The lowest BCUT2D eigenvalue weighted by Gasteiger charge is -2.33. The van der Waals surface area contributed by atoms with E-state index in [1.807, 2.05) is 0 Å². The van der Waals surface area contributed by atoms with Crippen LogP contribution in [0.15, 0.2) is 17.4 Å². The topological polar surface area (TPSA) is 282 Å². The molecule has 1 aliphatic heterocycles. The fourth-order valence-corrected chi connectivity index (χ4v) is 5.49. The molecule has 18 nitrogen and oxygen atoms in total. The van der Waals surface area contributed by atoms with Crippen LogP contribution in [0.4, 0.5) is 0 Å². The number of nitrogens with one attached hydrogen (secondary N) is 1. The predicted molar refractivity (Wildman–Crippen MR) is 87.2 cm³/mol. The molecule has 2 aromatic rings. The molecule has 21 heteroatoms. The first-order valence-electron chi connectivity index (χ1n) is 7.84. The maximum atomic E-state index is 11.7. The molecular weight excluding hydrogens is 493 g/mol. The highest BCUT2D eigenvalue weighted by molar-refractivity contribution is 7.65. The van der Waals surface area contributed by atoms with E-state index < -0.39 is 60.2 Å². The van der Waals surface area contributed by atoms with Crippen LogP contribution < -0.4 is 20.2 Å². The number of phosphoric ester groups is 1. The lowest BCUT2D eigenvalue weighted by Crippen LogP contribution is -2.34. The van der Waals surface area contributed by atoms with Crippen LogP contribution in [0.2, 0.25) is 0 Å². The molecule has 0 aliphatic carbocycles. The molecule has 1 fully saturated rings. The van der Waals surface area contributed by atoms with Gasteiger partial charge < -0.3 is 44.0 Å². The molecule has 0 radical (unpaired) electrons. The Hall–Kier alpha value is -1.36. The quantitative estimate of drug-likeness (QED) is 0.250. The number of aromatic amines is 1. The molecule has 0 bridgehead atoms. The molecule has 7 unspecified atom stereocenters. The fraction of sp³-hybridized carbons (Fsp3) is 0.500. The van der Waals surface area contributed by atoms with E-state index >= 15 is 0 Å². The van der Waals surface area contributed by atoms with Gasteiger partial charge in [-0.3, -0.25) is 23.1 Å². The number of ether oxygens (including phenoxy) is 1. The number of aromatic nitrogens is 4. The predicted octanol–water partition coefficient (Wildman–Crippen LogP) is -3.81. The molecule has 31 heavy (non-hydrogen) atoms. The van der Waals surface area contributed by atoms with Gasteiger partial charge in [0, 0.05) is 0 Å². The molecule has 1 saturated heterocycles. The lowest BCUT2D eigenvalue weighted by molar-refractivity contribution is -0.250. The first-order valence-corrected chi connectivity index (χ1v) is 12.3. The Labute approximate surface area is 170 Å². The van der Waals surface area contributed by atoms with E-state index in [0.717, 1.165) is 17.2 Å². The number of hydrogen-bond donors (Lipinski definition) is 4. The zero-order valence-electron chi connectivity index (χ0n) is 14.7. The Morgan fingerprint density at radius 3 is 2.45 bits per heavy atom. The van der Waals surface area contributed by atoms with Gasteiger partial charge in [-0.2, -0.15) is 0 Å². The summed E-state index contributed by atoms with van der Waals surface area (Å²) in [4.78, 5) is 63.1. The number of aliphatic hydroxyl groups excluding tert-OH is 2. The molecular formula is C10H12N4O14P3-3. The summed E-state index contributed by atoms with van der Waals surface area (Å²) < 4.78 is 50.3. The molecule has 0 amide bonds. The normalized spacial score (nSPS) is 30.0. The molecule has 0 saturated carbocycles. The van der Waals surface area contributed by atoms with Gasteiger partial charge in [0.25, 0.3) is 29.0 Å². The van der Waals surface area contributed by atoms with E-state index in [4.69, 9.17) is 9.63 Å². The monoisotopic (exact) mass is 505 g/mol. The van der Waals surface area contributed by atoms with Crippen molar-refractivity contribution < 1.29 is 61.4 Å². The highest BCUT2D eigenvalue weighted by Gasteiger charge is 2.45. The van der Waals surface area contributed by atoms with Crippen LogP contribution in [0.5, 0.6) is 0 Å². The Morgan fingerprint density at radius 1 is 1.13 bits per heavy atom. The van der Waals surface area contributed by atoms with Gasteiger partial charge in [-0.25, -0.2) is 18.6 Å². The van der Waals surface area contributed by atoms with Crippen LogP contribution in [0, 0.1) is 0 Å². The average Bonchev–Trinajstić information content (AvgIpc) is 3.13. The molecule has 3 heterocycles. The van der Waals surface area contributed by atoms with Gasteiger partial charge in [0.15, 0.2) is 17.4 Å². The van der Waals surface area contributed by atoms with Crippen LogP contribution in [-0.2, 0) is 31.6 Å². The Balaban J connectivity index is 1.70. The van der Waals surface area contributed by atoms with Gasteiger partial charge in [0.05, 0.1) is 19.3 Å². The van der Waals surface area contributed by atoms with Crippen molar-refractivity contribution in [3.8, 4) is 0 Å². The van der Waals surface area contributed by atoms with E-state index in [0.29, 0.717) is 0 Å². The minimum atomic E-state index is -6.09. The molecule has 0 aromatic carbocycles. The molecule has 2 aromatic heterocycles. The van der Waals surface area contributed by atoms with Gasteiger partial charge in [-0.05, 0) is 0 Å². The van der Waals surface area contributed by atoms with E-state index in [-0.39, 0.29) is 11.2 Å². The zero-order valence-corrected chi connectivity index (χ0v) is 17.4. The summed E-state index contributed by atoms with van der Waals surface area (Å²) in [5, 5.41) is 20.3. The largest absolute Gasteiger partial charge is 0.756 e. The first kappa shape index (κ1) is 24.3. The maximum absolute atomic E-state index is 11.7. The van der Waals surface area contributed by atoms with E-state index in [9.17, 15) is 43.4 Å². The third kappa shape index (κ3) is 5.71. The third-order valence-electron chi connectivity index (χ3n) is 3.78. The number of rotatable bonds is 8. The van der Waals surface area contributed by atoms with Gasteiger partial charge in [0.2, 0.25) is 0 Å². The summed E-state index contributed by atoms with van der Waals surface area (Å²) in [6.07, 6.45) is -4.31. The standard InChI is InChI=1S/C10H15N4O14P3/c15-6-4(1-25-30(21,22)28-31(23,24)27-29(18,19)20)26-10(7(6)16)14-3-13-5-8(14)11-2-12-9(5)17/h2-4,6-7,10,15-16H,1H2,(H,21,22)(H,23,24)(H,11,12,17)(H2,18,19,20)/p-3. The van der Waals surface area contributed by atoms with Crippen molar-refractivity contribution in [2.75, 3.05) is 6.61 Å². The first-order chi connectivity index (χ1) is 14.2. The van der Waals surface area contributed by atoms with Crippen LogP contribution in [0.25, 0.3) is 11.2 Å². The summed E-state index contributed by atoms with van der Waals surface area (Å²) in [6.45, 7) is -1.09. The van der Waals surface area contributed by atoms with Crippen molar-refractivity contribution in [2.45, 2.75) is 24.5 Å². The minimum Gasteiger partial charge on any atom is -0.756 e. The minimum absolute atomic E-state index is 0.0325. The van der Waals surface area contributed by atoms with Gasteiger partial charge in [-0.1, -0.05) is 0 Å². The van der Waals surface area contributed by atoms with Crippen molar-refractivity contribution in [2.24, 2.45) is 0 Å². The summed E-state index contributed by atoms with van der Waals surface area (Å²) in [6, 6.07) is 0. The van der Waals surface area contributed by atoms with Gasteiger partial charge >= 0.3 is 0 Å². The second-order valence-electron chi connectivity index (χ2n) is 5.92. The number of imidazole rings is 1. The maximum Gasteiger partial charge on any atom is 0.280 e. The highest BCUT2D eigenvalue weighted by Crippen LogP contribution is 2.61. The number of H-pyrrole nitrogens is 1. The molecule has 174 valence electrons. The van der Waals surface area contributed by atoms with Crippen molar-refractivity contribution in [1.29, 1.82) is 0 Å². The third-order valence-corrected chi connectivity index (χ3v) is 7.47. The number of fused-ring (bicyclic) bond motifs is 1. The number of hydrogen-bond acceptors (Lipinski definition) is 15. The Kier molecular flexibility index (Phi) is 6.68. The molecule has 7 atom stereocenters. The highest BCUT2D eigenvalue weighted by atomic mass is 31.3. The average molecular weight is 505 g/mol. The number of phosphoric acid groups is 3. The summed E-state index contributed by atoms with van der Waals surface area (Å²) in [5.74, 6) is 0. The van der Waals surface area contributed by atoms with Crippen LogP contribution in [-0.4, -0.2) is 59.5 Å². The Morgan fingerprint density at radius 2 is 1.81 bits per heavy atom. The van der Waals surface area contributed by atoms with Crippen molar-refractivity contribution >= 4 is 34.6 Å². The lowest BCUT2D eigenvalue weighted by atomic mass is 10.1. The molecule has 4 N–H and O–H groups in total. The SMILES string of the molecule is O=c1[nH]cnc2c1ncn2C1OC(COP(=O)([O-])OP(=O)([O-])OP(=O)([O-])O)C(O)C1O. The van der Waals surface area contributed by atoms with Crippen LogP contribution in [0.3, 0.4) is 0 Å². The van der Waals surface area contributed by atoms with Crippen molar-refractivity contribution in [3.05, 3.63) is 23.0 Å². The molecule has 0 spiro atoms. The molecule has 1 aliphatic rings. The second kappa shape index (κ2) is 8.53. The van der Waals surface area contributed by atoms with E-state index in [2.05, 4.69) is 28.1 Å². The van der Waals surface area contributed by atoms with Gasteiger partial charge in [-0.15, -0.1) is 0 Å². The van der Waals surface area contributed by atoms with E-state index in [1.54, 1.807) is 0 Å².